The summed E-state index contributed by atoms with van der Waals surface area (Å²) < 4.78 is 5.21. The molecule has 1 saturated heterocycles. The Labute approximate surface area is 59.0 Å². The normalized spacial score (nSPS) is 30.2. The number of rotatable bonds is 0. The van der Waals surface area contributed by atoms with Crippen molar-refractivity contribution < 1.29 is 9.84 Å². The van der Waals surface area contributed by atoms with Crippen molar-refractivity contribution in [1.82, 2.24) is 0 Å². The number of aliphatic hydroxyl groups excluding tert-OH is 1. The highest BCUT2D eigenvalue weighted by atomic mass is 16.5. The van der Waals surface area contributed by atoms with Gasteiger partial charge in [0.25, 0.3) is 0 Å². The van der Waals surface area contributed by atoms with Crippen molar-refractivity contribution in [3.8, 4) is 0 Å². The minimum Gasteiger partial charge on any atom is -0.503 e. The Balaban J connectivity index is 2.32. The molecule has 0 aromatic carbocycles. The highest BCUT2D eigenvalue weighted by molar-refractivity contribution is 5.77. The summed E-state index contributed by atoms with van der Waals surface area (Å²) in [5.41, 5.74) is 0. The number of fused-ring (bicyclic) bond motifs is 1. The topological polar surface area (TPSA) is 41.8 Å². The van der Waals surface area contributed by atoms with Crippen LogP contribution in [0.15, 0.2) is 16.5 Å². The largest absolute Gasteiger partial charge is 0.503 e. The van der Waals surface area contributed by atoms with Crippen LogP contribution in [0.5, 0.6) is 0 Å². The first-order valence-electron chi connectivity index (χ1n) is 3.43. The summed E-state index contributed by atoms with van der Waals surface area (Å²) in [6.07, 6.45) is 2.47. The summed E-state index contributed by atoms with van der Waals surface area (Å²) in [4.78, 5) is 3.99. The van der Waals surface area contributed by atoms with E-state index in [4.69, 9.17) is 4.74 Å². The number of hydrogen-bond acceptors (Lipinski definition) is 3. The Morgan fingerprint density at radius 3 is 3.40 bits per heavy atom. The maximum Gasteiger partial charge on any atom is 0.171 e. The van der Waals surface area contributed by atoms with E-state index in [1.807, 2.05) is 0 Å². The fourth-order valence-electron chi connectivity index (χ4n) is 1.35. The zero-order valence-corrected chi connectivity index (χ0v) is 5.58. The standard InChI is InChI=1S/C7H9NO2/c9-6-4-8-3-5-1-2-10-7(5)6/h4-5,9H,1-3H2. The van der Waals surface area contributed by atoms with Gasteiger partial charge in [0.2, 0.25) is 0 Å². The molecule has 0 aromatic heterocycles. The van der Waals surface area contributed by atoms with Crippen LogP contribution in [0.1, 0.15) is 6.42 Å². The van der Waals surface area contributed by atoms with Gasteiger partial charge >= 0.3 is 0 Å². The maximum atomic E-state index is 9.18. The summed E-state index contributed by atoms with van der Waals surface area (Å²) >= 11 is 0. The molecular formula is C7H9NO2. The molecule has 2 rings (SSSR count). The molecule has 3 nitrogen and oxygen atoms in total. The third kappa shape index (κ3) is 0.701. The molecule has 1 N–H and O–H groups in total. The van der Waals surface area contributed by atoms with Crippen molar-refractivity contribution in [3.63, 3.8) is 0 Å². The molecule has 2 aliphatic heterocycles. The Morgan fingerprint density at radius 1 is 1.70 bits per heavy atom. The molecule has 1 atom stereocenters. The van der Waals surface area contributed by atoms with Crippen molar-refractivity contribution in [2.45, 2.75) is 6.42 Å². The van der Waals surface area contributed by atoms with Gasteiger partial charge in [-0.25, -0.2) is 0 Å². The number of allylic oxidation sites excluding steroid dienone is 1. The van der Waals surface area contributed by atoms with E-state index in [0.717, 1.165) is 25.3 Å². The molecule has 0 spiro atoms. The van der Waals surface area contributed by atoms with Crippen molar-refractivity contribution >= 4 is 6.21 Å². The predicted octanol–water partition coefficient (Wildman–Crippen LogP) is 0.877. The van der Waals surface area contributed by atoms with E-state index >= 15 is 0 Å². The average molecular weight is 139 g/mol. The lowest BCUT2D eigenvalue weighted by Gasteiger charge is -2.11. The highest BCUT2D eigenvalue weighted by Gasteiger charge is 2.27. The van der Waals surface area contributed by atoms with Crippen molar-refractivity contribution in [3.05, 3.63) is 11.5 Å². The van der Waals surface area contributed by atoms with Gasteiger partial charge in [-0.05, 0) is 6.42 Å². The summed E-state index contributed by atoms with van der Waals surface area (Å²) in [6, 6.07) is 0. The summed E-state index contributed by atoms with van der Waals surface area (Å²) in [6.45, 7) is 1.51. The van der Waals surface area contributed by atoms with Crippen LogP contribution >= 0.6 is 0 Å². The molecule has 3 heteroatoms. The minimum absolute atomic E-state index is 0.216. The van der Waals surface area contributed by atoms with Crippen LogP contribution in [0.3, 0.4) is 0 Å². The van der Waals surface area contributed by atoms with Gasteiger partial charge in [0.15, 0.2) is 5.76 Å². The molecule has 2 heterocycles. The lowest BCUT2D eigenvalue weighted by atomic mass is 10.0. The molecule has 1 unspecified atom stereocenters. The van der Waals surface area contributed by atoms with Crippen molar-refractivity contribution in [2.24, 2.45) is 10.9 Å². The number of aliphatic hydroxyl groups is 1. The molecule has 2 aliphatic rings. The second-order valence-corrected chi connectivity index (χ2v) is 2.58. The van der Waals surface area contributed by atoms with E-state index in [-0.39, 0.29) is 5.76 Å². The maximum absolute atomic E-state index is 9.18. The molecule has 54 valence electrons. The van der Waals surface area contributed by atoms with Crippen LogP contribution in [0, 0.1) is 5.92 Å². The Morgan fingerprint density at radius 2 is 2.60 bits per heavy atom. The van der Waals surface area contributed by atoms with Crippen molar-refractivity contribution in [2.75, 3.05) is 13.2 Å². The van der Waals surface area contributed by atoms with Gasteiger partial charge in [-0.3, -0.25) is 4.99 Å². The lowest BCUT2D eigenvalue weighted by Crippen LogP contribution is -2.10. The molecule has 1 fully saturated rings. The molecule has 0 radical (unpaired) electrons. The average Bonchev–Trinajstić information content (AvgIpc) is 2.36. The van der Waals surface area contributed by atoms with Gasteiger partial charge in [-0.2, -0.15) is 0 Å². The molecular weight excluding hydrogens is 130 g/mol. The highest BCUT2D eigenvalue weighted by Crippen LogP contribution is 2.28. The Kier molecular flexibility index (Phi) is 1.16. The van der Waals surface area contributed by atoms with E-state index in [0.29, 0.717) is 5.92 Å². The SMILES string of the molecule is OC1=C2OCCC2CN=C1. The molecule has 0 amide bonds. The summed E-state index contributed by atoms with van der Waals surface area (Å²) in [5.74, 6) is 1.31. The van der Waals surface area contributed by atoms with E-state index < -0.39 is 0 Å². The number of nitrogens with zero attached hydrogens (tertiary/aromatic N) is 1. The summed E-state index contributed by atoms with van der Waals surface area (Å²) in [5, 5.41) is 9.18. The molecule has 10 heavy (non-hydrogen) atoms. The number of ether oxygens (including phenoxy) is 1. The van der Waals surface area contributed by atoms with Gasteiger partial charge in [0.05, 0.1) is 12.8 Å². The second-order valence-electron chi connectivity index (χ2n) is 2.58. The van der Waals surface area contributed by atoms with Gasteiger partial charge in [-0.1, -0.05) is 0 Å². The fraction of sp³-hybridized carbons (Fsp3) is 0.571. The Hall–Kier alpha value is -0.990. The first-order chi connectivity index (χ1) is 4.88. The van der Waals surface area contributed by atoms with Crippen LogP contribution in [0.25, 0.3) is 0 Å². The van der Waals surface area contributed by atoms with Gasteiger partial charge < -0.3 is 9.84 Å². The quantitative estimate of drug-likeness (QED) is 0.541. The van der Waals surface area contributed by atoms with Crippen LogP contribution in [-0.2, 0) is 4.74 Å². The van der Waals surface area contributed by atoms with Gasteiger partial charge in [-0.15, -0.1) is 0 Å². The van der Waals surface area contributed by atoms with Crippen LogP contribution in [0.4, 0.5) is 0 Å². The van der Waals surface area contributed by atoms with E-state index in [1.165, 1.54) is 6.21 Å². The second kappa shape index (κ2) is 2.01. The molecule has 0 saturated carbocycles. The number of dihydropyridines is 1. The van der Waals surface area contributed by atoms with Gasteiger partial charge in [0, 0.05) is 12.5 Å². The molecule has 0 aliphatic carbocycles. The number of aliphatic imine (C=N–C) groups is 1. The predicted molar refractivity (Wildman–Crippen MR) is 37.1 cm³/mol. The zero-order valence-electron chi connectivity index (χ0n) is 5.58. The third-order valence-corrected chi connectivity index (χ3v) is 1.89. The van der Waals surface area contributed by atoms with Crippen molar-refractivity contribution in [1.29, 1.82) is 0 Å². The number of hydrogen-bond donors (Lipinski definition) is 1. The molecule has 0 aromatic rings. The zero-order chi connectivity index (χ0) is 6.97. The van der Waals surface area contributed by atoms with Crippen LogP contribution in [0.2, 0.25) is 0 Å². The van der Waals surface area contributed by atoms with Crippen LogP contribution < -0.4 is 0 Å². The smallest absolute Gasteiger partial charge is 0.171 e. The lowest BCUT2D eigenvalue weighted by molar-refractivity contribution is 0.236. The monoisotopic (exact) mass is 139 g/mol. The minimum atomic E-state index is 0.216. The van der Waals surface area contributed by atoms with Crippen LogP contribution in [-0.4, -0.2) is 24.5 Å². The molecule has 0 bridgehead atoms. The first-order valence-corrected chi connectivity index (χ1v) is 3.43. The summed E-state index contributed by atoms with van der Waals surface area (Å²) in [7, 11) is 0. The first kappa shape index (κ1) is 5.77. The van der Waals surface area contributed by atoms with E-state index in [9.17, 15) is 5.11 Å². The van der Waals surface area contributed by atoms with Gasteiger partial charge in [0.1, 0.15) is 5.76 Å². The fourth-order valence-corrected chi connectivity index (χ4v) is 1.35. The third-order valence-electron chi connectivity index (χ3n) is 1.89. The van der Waals surface area contributed by atoms with E-state index in [2.05, 4.69) is 4.99 Å². The Bertz CT molecular complexity index is 208. The van der Waals surface area contributed by atoms with E-state index in [1.54, 1.807) is 0 Å².